The van der Waals surface area contributed by atoms with Crippen LogP contribution in [0.25, 0.3) is 0 Å². The summed E-state index contributed by atoms with van der Waals surface area (Å²) in [4.78, 5) is 0. The highest BCUT2D eigenvalue weighted by atomic mass is 32.2. The highest BCUT2D eigenvalue weighted by Gasteiger charge is 2.36. The summed E-state index contributed by atoms with van der Waals surface area (Å²) in [6.45, 7) is 3.70. The van der Waals surface area contributed by atoms with Crippen LogP contribution >= 0.6 is 0 Å². The molecule has 2 aliphatic heterocycles. The zero-order valence-corrected chi connectivity index (χ0v) is 13.1. The Bertz CT molecular complexity index is 617. The van der Waals surface area contributed by atoms with E-state index in [-0.39, 0.29) is 5.92 Å². The average Bonchev–Trinajstić information content (AvgIpc) is 2.49. The van der Waals surface area contributed by atoms with E-state index in [9.17, 15) is 13.5 Å². The molecule has 2 unspecified atom stereocenters. The van der Waals surface area contributed by atoms with Crippen LogP contribution in [-0.2, 0) is 23.2 Å². The van der Waals surface area contributed by atoms with Gasteiger partial charge in [-0.3, -0.25) is 0 Å². The Labute approximate surface area is 126 Å². The van der Waals surface area contributed by atoms with E-state index in [1.807, 2.05) is 25.1 Å². The smallest absolute Gasteiger partial charge is 0.282 e. The van der Waals surface area contributed by atoms with Crippen LogP contribution < -0.4 is 0 Å². The summed E-state index contributed by atoms with van der Waals surface area (Å²) in [6.07, 6.45) is 0.894. The molecule has 0 aromatic heterocycles. The number of rotatable bonds is 2. The molecule has 0 amide bonds. The Morgan fingerprint density at radius 2 is 1.86 bits per heavy atom. The topological polar surface area (TPSA) is 60.9 Å². The van der Waals surface area contributed by atoms with E-state index in [0.29, 0.717) is 32.6 Å². The predicted molar refractivity (Wildman–Crippen MR) is 80.8 cm³/mol. The highest BCUT2D eigenvalue weighted by molar-refractivity contribution is 7.86. The molecular weight excluding hydrogens is 288 g/mol. The summed E-state index contributed by atoms with van der Waals surface area (Å²) in [5.74, 6) is -0.00870. The second-order valence-corrected chi connectivity index (χ2v) is 7.98. The monoisotopic (exact) mass is 310 g/mol. The minimum atomic E-state index is -3.43. The Morgan fingerprint density at radius 3 is 2.57 bits per heavy atom. The first-order valence-corrected chi connectivity index (χ1v) is 8.88. The van der Waals surface area contributed by atoms with Gasteiger partial charge in [0.15, 0.2) is 0 Å². The fraction of sp³-hybridized carbons (Fsp3) is 0.600. The molecule has 116 valence electrons. The molecule has 2 atom stereocenters. The maximum absolute atomic E-state index is 12.8. The summed E-state index contributed by atoms with van der Waals surface area (Å²) in [5, 5.41) is 9.77. The van der Waals surface area contributed by atoms with Gasteiger partial charge in [0.25, 0.3) is 10.2 Å². The van der Waals surface area contributed by atoms with E-state index in [0.717, 1.165) is 12.0 Å². The Balaban J connectivity index is 1.77. The van der Waals surface area contributed by atoms with Crippen LogP contribution in [0.1, 0.15) is 24.5 Å². The molecule has 1 N–H and O–H groups in total. The predicted octanol–water partition coefficient (Wildman–Crippen LogP) is 0.992. The summed E-state index contributed by atoms with van der Waals surface area (Å²) < 4.78 is 28.6. The van der Waals surface area contributed by atoms with Crippen LogP contribution in [0.3, 0.4) is 0 Å². The van der Waals surface area contributed by atoms with Gasteiger partial charge in [-0.1, -0.05) is 31.2 Å². The molecule has 2 heterocycles. The lowest BCUT2D eigenvalue weighted by Crippen LogP contribution is -2.51. The molecule has 0 spiro atoms. The summed E-state index contributed by atoms with van der Waals surface area (Å²) in [5.41, 5.74) is 2.34. The van der Waals surface area contributed by atoms with Crippen molar-refractivity contribution in [1.82, 2.24) is 8.61 Å². The molecule has 0 bridgehead atoms. The van der Waals surface area contributed by atoms with Crippen molar-refractivity contribution in [3.05, 3.63) is 35.4 Å². The second-order valence-electron chi connectivity index (χ2n) is 6.05. The SMILES string of the molecule is CC1CN(S(=O)(=O)N2CCc3ccccc3C2)CCC1O. The molecule has 1 aromatic rings. The molecule has 3 rings (SSSR count). The third-order valence-electron chi connectivity index (χ3n) is 4.57. The molecule has 1 fully saturated rings. The van der Waals surface area contributed by atoms with E-state index in [4.69, 9.17) is 0 Å². The molecule has 5 nitrogen and oxygen atoms in total. The standard InChI is InChI=1S/C15H22N2O3S/c1-12-10-16(9-7-15(12)18)21(19,20)17-8-6-13-4-2-3-5-14(13)11-17/h2-5,12,15,18H,6-11H2,1H3. The number of benzene rings is 1. The molecule has 6 heteroatoms. The van der Waals surface area contributed by atoms with Crippen LogP contribution in [0.2, 0.25) is 0 Å². The molecule has 2 aliphatic rings. The van der Waals surface area contributed by atoms with Crippen LogP contribution in [0, 0.1) is 5.92 Å². The average molecular weight is 310 g/mol. The van der Waals surface area contributed by atoms with Crippen molar-refractivity contribution in [3.8, 4) is 0 Å². The quantitative estimate of drug-likeness (QED) is 0.886. The van der Waals surface area contributed by atoms with Gasteiger partial charge < -0.3 is 5.11 Å². The highest BCUT2D eigenvalue weighted by Crippen LogP contribution is 2.26. The molecule has 0 aliphatic carbocycles. The van der Waals surface area contributed by atoms with Crippen molar-refractivity contribution in [1.29, 1.82) is 0 Å². The minimum absolute atomic E-state index is 0.00870. The Kier molecular flexibility index (Phi) is 4.05. The third kappa shape index (κ3) is 2.85. The molecule has 0 saturated carbocycles. The normalized spacial score (nSPS) is 28.3. The van der Waals surface area contributed by atoms with Gasteiger partial charge in [-0.2, -0.15) is 17.0 Å². The van der Waals surface area contributed by atoms with Gasteiger partial charge in [0.05, 0.1) is 6.10 Å². The largest absolute Gasteiger partial charge is 0.393 e. The number of hydrogen-bond acceptors (Lipinski definition) is 3. The van der Waals surface area contributed by atoms with Gasteiger partial charge >= 0.3 is 0 Å². The van der Waals surface area contributed by atoms with Crippen LogP contribution in [0.15, 0.2) is 24.3 Å². The Morgan fingerprint density at radius 1 is 1.14 bits per heavy atom. The fourth-order valence-electron chi connectivity index (χ4n) is 3.13. The van der Waals surface area contributed by atoms with Crippen LogP contribution in [0.4, 0.5) is 0 Å². The Hall–Kier alpha value is -0.950. The fourth-order valence-corrected chi connectivity index (χ4v) is 4.85. The number of piperidine rings is 1. The zero-order chi connectivity index (χ0) is 15.0. The van der Waals surface area contributed by atoms with Crippen molar-refractivity contribution in [2.45, 2.75) is 32.4 Å². The minimum Gasteiger partial charge on any atom is -0.393 e. The molecular formula is C15H22N2O3S. The van der Waals surface area contributed by atoms with E-state index < -0.39 is 16.3 Å². The van der Waals surface area contributed by atoms with E-state index in [1.165, 1.54) is 9.87 Å². The van der Waals surface area contributed by atoms with E-state index >= 15 is 0 Å². The van der Waals surface area contributed by atoms with Crippen molar-refractivity contribution >= 4 is 10.2 Å². The van der Waals surface area contributed by atoms with Crippen molar-refractivity contribution in [2.24, 2.45) is 5.92 Å². The molecule has 21 heavy (non-hydrogen) atoms. The van der Waals surface area contributed by atoms with E-state index in [2.05, 4.69) is 6.07 Å². The first kappa shape index (κ1) is 15.0. The lowest BCUT2D eigenvalue weighted by molar-refractivity contribution is 0.0606. The number of nitrogens with zero attached hydrogens (tertiary/aromatic N) is 2. The van der Waals surface area contributed by atoms with Crippen molar-refractivity contribution in [3.63, 3.8) is 0 Å². The van der Waals surface area contributed by atoms with Gasteiger partial charge in [-0.15, -0.1) is 0 Å². The summed E-state index contributed by atoms with van der Waals surface area (Å²) >= 11 is 0. The van der Waals surface area contributed by atoms with Gasteiger partial charge in [0.1, 0.15) is 0 Å². The van der Waals surface area contributed by atoms with Gasteiger partial charge in [0.2, 0.25) is 0 Å². The third-order valence-corrected chi connectivity index (χ3v) is 6.52. The first-order valence-electron chi connectivity index (χ1n) is 7.48. The summed E-state index contributed by atoms with van der Waals surface area (Å²) in [7, 11) is -3.43. The van der Waals surface area contributed by atoms with Gasteiger partial charge in [0, 0.05) is 26.2 Å². The lowest BCUT2D eigenvalue weighted by Gasteiger charge is -2.38. The molecule has 0 radical (unpaired) electrons. The first-order chi connectivity index (χ1) is 9.98. The van der Waals surface area contributed by atoms with E-state index in [1.54, 1.807) is 4.31 Å². The van der Waals surface area contributed by atoms with Crippen LogP contribution in [-0.4, -0.2) is 47.9 Å². The number of aliphatic hydroxyl groups is 1. The van der Waals surface area contributed by atoms with Crippen LogP contribution in [0.5, 0.6) is 0 Å². The van der Waals surface area contributed by atoms with Crippen molar-refractivity contribution in [2.75, 3.05) is 19.6 Å². The second kappa shape index (κ2) is 5.68. The maximum Gasteiger partial charge on any atom is 0.282 e. The zero-order valence-electron chi connectivity index (χ0n) is 12.3. The number of aliphatic hydroxyl groups excluding tert-OH is 1. The molecule has 1 saturated heterocycles. The lowest BCUT2D eigenvalue weighted by atomic mass is 9.99. The van der Waals surface area contributed by atoms with Crippen molar-refractivity contribution < 1.29 is 13.5 Å². The maximum atomic E-state index is 12.8. The summed E-state index contributed by atoms with van der Waals surface area (Å²) in [6, 6.07) is 8.02. The van der Waals surface area contributed by atoms with Gasteiger partial charge in [-0.25, -0.2) is 0 Å². The van der Waals surface area contributed by atoms with Gasteiger partial charge in [-0.05, 0) is 29.9 Å². The number of hydrogen-bond donors (Lipinski definition) is 1. The number of fused-ring (bicyclic) bond motifs is 1. The molecule has 1 aromatic carbocycles.